The second-order valence-corrected chi connectivity index (χ2v) is 6.41. The zero-order valence-corrected chi connectivity index (χ0v) is 13.9. The Bertz CT molecular complexity index is 474. The molecule has 1 N–H and O–H groups in total. The molecule has 1 aromatic rings. The standard InChI is InChI=1S/C19H29NO2/c1-4-12-22-13-6-9-19-16(3)15(2)10-11-20(19)17-7-5-8-18(21)14-17/h4-5,7-8,14-16,19,21H,1,6,9-13H2,2-3H3. The molecule has 1 fully saturated rings. The molecular weight excluding hydrogens is 274 g/mol. The minimum absolute atomic E-state index is 0.344. The molecule has 22 heavy (non-hydrogen) atoms. The molecule has 3 atom stereocenters. The molecule has 1 saturated heterocycles. The van der Waals surface area contributed by atoms with E-state index >= 15 is 0 Å². The number of anilines is 1. The van der Waals surface area contributed by atoms with Gasteiger partial charge in [0, 0.05) is 30.9 Å². The lowest BCUT2D eigenvalue weighted by Gasteiger charge is -2.45. The lowest BCUT2D eigenvalue weighted by Crippen LogP contribution is -2.47. The van der Waals surface area contributed by atoms with Gasteiger partial charge in [0.25, 0.3) is 0 Å². The average Bonchev–Trinajstić information content (AvgIpc) is 2.51. The Morgan fingerprint density at radius 3 is 2.95 bits per heavy atom. The number of hydrogen-bond acceptors (Lipinski definition) is 3. The normalized spacial score (nSPS) is 25.2. The van der Waals surface area contributed by atoms with Gasteiger partial charge >= 0.3 is 0 Å². The topological polar surface area (TPSA) is 32.7 Å². The van der Waals surface area contributed by atoms with Gasteiger partial charge in [-0.05, 0) is 43.2 Å². The van der Waals surface area contributed by atoms with E-state index in [1.54, 1.807) is 12.1 Å². The van der Waals surface area contributed by atoms with Gasteiger partial charge in [-0.3, -0.25) is 0 Å². The van der Waals surface area contributed by atoms with Gasteiger partial charge in [0.1, 0.15) is 5.75 Å². The second kappa shape index (κ2) is 8.23. The van der Waals surface area contributed by atoms with E-state index in [9.17, 15) is 5.11 Å². The fraction of sp³-hybridized carbons (Fsp3) is 0.579. The number of nitrogens with zero attached hydrogens (tertiary/aromatic N) is 1. The SMILES string of the molecule is C=CCOCCCC1C(C)C(C)CCN1c1cccc(O)c1. The first-order valence-electron chi connectivity index (χ1n) is 8.37. The lowest BCUT2D eigenvalue weighted by atomic mass is 9.80. The predicted octanol–water partition coefficient (Wildman–Crippen LogP) is 4.23. The van der Waals surface area contributed by atoms with Crippen LogP contribution in [-0.2, 0) is 4.74 Å². The van der Waals surface area contributed by atoms with Crippen molar-refractivity contribution in [1.29, 1.82) is 0 Å². The summed E-state index contributed by atoms with van der Waals surface area (Å²) in [7, 11) is 0. The highest BCUT2D eigenvalue weighted by molar-refractivity contribution is 5.51. The number of aromatic hydroxyl groups is 1. The van der Waals surface area contributed by atoms with Crippen LogP contribution in [0.5, 0.6) is 5.75 Å². The Labute approximate surface area is 134 Å². The van der Waals surface area contributed by atoms with Crippen molar-refractivity contribution < 1.29 is 9.84 Å². The van der Waals surface area contributed by atoms with Crippen LogP contribution in [-0.4, -0.2) is 30.9 Å². The van der Waals surface area contributed by atoms with Crippen LogP contribution in [0.1, 0.15) is 33.1 Å². The van der Waals surface area contributed by atoms with Gasteiger partial charge in [-0.1, -0.05) is 26.0 Å². The Morgan fingerprint density at radius 1 is 1.41 bits per heavy atom. The summed E-state index contributed by atoms with van der Waals surface area (Å²) in [6.45, 7) is 10.9. The van der Waals surface area contributed by atoms with Crippen LogP contribution >= 0.6 is 0 Å². The van der Waals surface area contributed by atoms with Crippen LogP contribution in [0, 0.1) is 11.8 Å². The molecule has 0 radical (unpaired) electrons. The van der Waals surface area contributed by atoms with E-state index in [0.29, 0.717) is 24.3 Å². The number of phenols is 1. The largest absolute Gasteiger partial charge is 0.508 e. The molecule has 122 valence electrons. The lowest BCUT2D eigenvalue weighted by molar-refractivity contribution is 0.148. The average molecular weight is 303 g/mol. The van der Waals surface area contributed by atoms with Gasteiger partial charge in [-0.2, -0.15) is 0 Å². The van der Waals surface area contributed by atoms with Crippen molar-refractivity contribution >= 4 is 5.69 Å². The molecule has 3 heteroatoms. The molecule has 2 rings (SSSR count). The summed E-state index contributed by atoms with van der Waals surface area (Å²) in [5.41, 5.74) is 1.13. The molecule has 1 aromatic carbocycles. The smallest absolute Gasteiger partial charge is 0.117 e. The molecule has 1 aliphatic rings. The molecular formula is C19H29NO2. The first kappa shape index (κ1) is 16.9. The van der Waals surface area contributed by atoms with Gasteiger partial charge in [-0.15, -0.1) is 6.58 Å². The second-order valence-electron chi connectivity index (χ2n) is 6.41. The van der Waals surface area contributed by atoms with Crippen molar-refractivity contribution in [1.82, 2.24) is 0 Å². The van der Waals surface area contributed by atoms with Crippen molar-refractivity contribution in [2.24, 2.45) is 11.8 Å². The number of piperidine rings is 1. The van der Waals surface area contributed by atoms with E-state index in [1.807, 2.05) is 12.1 Å². The molecule has 0 aliphatic carbocycles. The molecule has 1 aliphatic heterocycles. The summed E-state index contributed by atoms with van der Waals surface area (Å²) in [5, 5.41) is 9.76. The van der Waals surface area contributed by atoms with E-state index in [-0.39, 0.29) is 0 Å². The summed E-state index contributed by atoms with van der Waals surface area (Å²) < 4.78 is 5.52. The fourth-order valence-electron chi connectivity index (χ4n) is 3.41. The third-order valence-electron chi connectivity index (χ3n) is 4.92. The molecule has 1 heterocycles. The Morgan fingerprint density at radius 2 is 2.23 bits per heavy atom. The molecule has 0 amide bonds. The monoisotopic (exact) mass is 303 g/mol. The van der Waals surface area contributed by atoms with E-state index in [4.69, 9.17) is 4.74 Å². The molecule has 0 spiro atoms. The third kappa shape index (κ3) is 4.26. The minimum Gasteiger partial charge on any atom is -0.508 e. The molecule has 3 unspecified atom stereocenters. The molecule has 0 bridgehead atoms. The van der Waals surface area contributed by atoms with Gasteiger partial charge in [0.05, 0.1) is 6.61 Å². The Hall–Kier alpha value is -1.48. The maximum Gasteiger partial charge on any atom is 0.117 e. The predicted molar refractivity (Wildman–Crippen MR) is 92.4 cm³/mol. The van der Waals surface area contributed by atoms with Crippen molar-refractivity contribution in [2.75, 3.05) is 24.7 Å². The highest BCUT2D eigenvalue weighted by atomic mass is 16.5. The van der Waals surface area contributed by atoms with Crippen LogP contribution in [0.3, 0.4) is 0 Å². The zero-order valence-electron chi connectivity index (χ0n) is 13.9. The van der Waals surface area contributed by atoms with Gasteiger partial charge in [0.15, 0.2) is 0 Å². The highest BCUT2D eigenvalue weighted by Crippen LogP contribution is 2.35. The Balaban J connectivity index is 2.03. The van der Waals surface area contributed by atoms with Gasteiger partial charge in [0.2, 0.25) is 0 Å². The van der Waals surface area contributed by atoms with E-state index in [2.05, 4.69) is 31.4 Å². The summed E-state index contributed by atoms with van der Waals surface area (Å²) in [6, 6.07) is 8.15. The summed E-state index contributed by atoms with van der Waals surface area (Å²) in [5.74, 6) is 1.74. The van der Waals surface area contributed by atoms with E-state index in [0.717, 1.165) is 37.6 Å². The third-order valence-corrected chi connectivity index (χ3v) is 4.92. The zero-order chi connectivity index (χ0) is 15.9. The van der Waals surface area contributed by atoms with E-state index in [1.165, 1.54) is 6.42 Å². The number of ether oxygens (including phenoxy) is 1. The summed E-state index contributed by atoms with van der Waals surface area (Å²) in [4.78, 5) is 2.47. The van der Waals surface area contributed by atoms with Gasteiger partial charge in [-0.25, -0.2) is 0 Å². The van der Waals surface area contributed by atoms with Crippen molar-refractivity contribution in [3.8, 4) is 5.75 Å². The minimum atomic E-state index is 0.344. The molecule has 0 aromatic heterocycles. The fourth-order valence-corrected chi connectivity index (χ4v) is 3.41. The van der Waals surface area contributed by atoms with E-state index < -0.39 is 0 Å². The number of phenolic OH excluding ortho intramolecular Hbond substituents is 1. The van der Waals surface area contributed by atoms with Crippen molar-refractivity contribution in [3.63, 3.8) is 0 Å². The van der Waals surface area contributed by atoms with Crippen LogP contribution in [0.25, 0.3) is 0 Å². The first-order chi connectivity index (χ1) is 10.6. The van der Waals surface area contributed by atoms with Crippen LogP contribution in [0.2, 0.25) is 0 Å². The highest BCUT2D eigenvalue weighted by Gasteiger charge is 2.32. The van der Waals surface area contributed by atoms with Crippen LogP contribution in [0.15, 0.2) is 36.9 Å². The van der Waals surface area contributed by atoms with Gasteiger partial charge < -0.3 is 14.7 Å². The molecule has 0 saturated carbocycles. The summed E-state index contributed by atoms with van der Waals surface area (Å²) >= 11 is 0. The summed E-state index contributed by atoms with van der Waals surface area (Å²) in [6.07, 6.45) is 5.19. The van der Waals surface area contributed by atoms with Crippen molar-refractivity contribution in [2.45, 2.75) is 39.2 Å². The molecule has 3 nitrogen and oxygen atoms in total. The first-order valence-corrected chi connectivity index (χ1v) is 8.37. The number of hydrogen-bond donors (Lipinski definition) is 1. The Kier molecular flexibility index (Phi) is 6.32. The number of rotatable bonds is 7. The van der Waals surface area contributed by atoms with Crippen molar-refractivity contribution in [3.05, 3.63) is 36.9 Å². The number of benzene rings is 1. The maximum atomic E-state index is 9.76. The maximum absolute atomic E-state index is 9.76. The van der Waals surface area contributed by atoms with Crippen LogP contribution in [0.4, 0.5) is 5.69 Å². The quantitative estimate of drug-likeness (QED) is 0.604. The van der Waals surface area contributed by atoms with Crippen LogP contribution < -0.4 is 4.90 Å².